The molecular formula is C11H14F2N2O. The largest absolute Gasteiger partial charge is 0.368 e. The summed E-state index contributed by atoms with van der Waals surface area (Å²) in [7, 11) is 0. The highest BCUT2D eigenvalue weighted by atomic mass is 19.2. The van der Waals surface area contributed by atoms with Crippen molar-refractivity contribution >= 4 is 5.91 Å². The van der Waals surface area contributed by atoms with Crippen molar-refractivity contribution in [2.24, 2.45) is 5.73 Å². The zero-order chi connectivity index (χ0) is 12.3. The van der Waals surface area contributed by atoms with Gasteiger partial charge < -0.3 is 5.73 Å². The van der Waals surface area contributed by atoms with Crippen molar-refractivity contribution in [3.63, 3.8) is 0 Å². The lowest BCUT2D eigenvalue weighted by atomic mass is 10.0. The van der Waals surface area contributed by atoms with Gasteiger partial charge in [0.2, 0.25) is 5.91 Å². The van der Waals surface area contributed by atoms with Gasteiger partial charge in [-0.05, 0) is 19.9 Å². The quantitative estimate of drug-likeness (QED) is 0.820. The molecule has 0 aromatic heterocycles. The highest BCUT2D eigenvalue weighted by molar-refractivity contribution is 5.81. The lowest BCUT2D eigenvalue weighted by Gasteiger charge is -2.19. The second-order valence-corrected chi connectivity index (χ2v) is 3.80. The van der Waals surface area contributed by atoms with E-state index in [0.29, 0.717) is 0 Å². The van der Waals surface area contributed by atoms with Crippen LogP contribution in [0.4, 0.5) is 8.78 Å². The van der Waals surface area contributed by atoms with Crippen molar-refractivity contribution in [2.45, 2.75) is 25.9 Å². The molecule has 16 heavy (non-hydrogen) atoms. The summed E-state index contributed by atoms with van der Waals surface area (Å²) in [6, 6.07) is 2.58. The molecule has 1 unspecified atom stereocenters. The van der Waals surface area contributed by atoms with Crippen LogP contribution in [0, 0.1) is 11.6 Å². The average molecular weight is 228 g/mol. The maximum absolute atomic E-state index is 13.4. The summed E-state index contributed by atoms with van der Waals surface area (Å²) in [6.45, 7) is 3.57. The van der Waals surface area contributed by atoms with Crippen LogP contribution in [-0.4, -0.2) is 11.9 Å². The summed E-state index contributed by atoms with van der Waals surface area (Å²) in [5, 5.41) is 2.78. The van der Waals surface area contributed by atoms with Crippen LogP contribution in [-0.2, 0) is 4.79 Å². The minimum Gasteiger partial charge on any atom is -0.368 e. The van der Waals surface area contributed by atoms with E-state index in [9.17, 15) is 13.6 Å². The van der Waals surface area contributed by atoms with Gasteiger partial charge in [0.15, 0.2) is 11.6 Å². The summed E-state index contributed by atoms with van der Waals surface area (Å²) in [6.07, 6.45) is 0. The molecule has 1 amide bonds. The molecular weight excluding hydrogens is 214 g/mol. The lowest BCUT2D eigenvalue weighted by Crippen LogP contribution is -2.38. The smallest absolute Gasteiger partial charge is 0.239 e. The van der Waals surface area contributed by atoms with Crippen LogP contribution in [0.5, 0.6) is 0 Å². The number of carbonyl (C=O) groups is 1. The predicted molar refractivity (Wildman–Crippen MR) is 56.6 cm³/mol. The molecule has 0 radical (unpaired) electrons. The Morgan fingerprint density at radius 3 is 2.50 bits per heavy atom. The second-order valence-electron chi connectivity index (χ2n) is 3.80. The first kappa shape index (κ1) is 12.6. The molecule has 0 aliphatic carbocycles. The summed E-state index contributed by atoms with van der Waals surface area (Å²) < 4.78 is 26.4. The van der Waals surface area contributed by atoms with Crippen LogP contribution in [0.1, 0.15) is 25.5 Å². The molecule has 0 heterocycles. The minimum absolute atomic E-state index is 0.0683. The van der Waals surface area contributed by atoms with Crippen LogP contribution in [0.15, 0.2) is 18.2 Å². The molecule has 0 fully saturated rings. The first-order valence-corrected chi connectivity index (χ1v) is 4.92. The number of primary amides is 1. The number of halogens is 2. The molecule has 1 atom stereocenters. The number of benzene rings is 1. The molecule has 0 saturated heterocycles. The van der Waals surface area contributed by atoms with Gasteiger partial charge in [-0.3, -0.25) is 10.1 Å². The molecule has 88 valence electrons. The first-order chi connectivity index (χ1) is 7.43. The topological polar surface area (TPSA) is 55.1 Å². The Bertz CT molecular complexity index is 394. The number of rotatable bonds is 4. The Hall–Kier alpha value is -1.49. The summed E-state index contributed by atoms with van der Waals surface area (Å²) in [4.78, 5) is 11.2. The molecule has 1 rings (SSSR count). The fourth-order valence-electron chi connectivity index (χ4n) is 1.40. The summed E-state index contributed by atoms with van der Waals surface area (Å²) >= 11 is 0. The Morgan fingerprint density at radius 2 is 2.00 bits per heavy atom. The van der Waals surface area contributed by atoms with Crippen molar-refractivity contribution in [1.29, 1.82) is 0 Å². The van der Waals surface area contributed by atoms with E-state index < -0.39 is 23.6 Å². The highest BCUT2D eigenvalue weighted by Crippen LogP contribution is 2.19. The molecule has 5 heteroatoms. The third-order valence-electron chi connectivity index (χ3n) is 2.08. The van der Waals surface area contributed by atoms with Crippen LogP contribution in [0.2, 0.25) is 0 Å². The van der Waals surface area contributed by atoms with E-state index >= 15 is 0 Å². The second kappa shape index (κ2) is 5.03. The van der Waals surface area contributed by atoms with Crippen molar-refractivity contribution in [3.8, 4) is 0 Å². The number of nitrogens with one attached hydrogen (secondary N) is 1. The molecule has 3 nitrogen and oxygen atoms in total. The predicted octanol–water partition coefficient (Wildman–Crippen LogP) is 1.49. The van der Waals surface area contributed by atoms with Gasteiger partial charge in [0, 0.05) is 11.6 Å². The fourth-order valence-corrected chi connectivity index (χ4v) is 1.40. The molecule has 0 aliphatic rings. The molecule has 0 saturated carbocycles. The van der Waals surface area contributed by atoms with Gasteiger partial charge in [0.05, 0.1) is 0 Å². The van der Waals surface area contributed by atoms with Gasteiger partial charge in [-0.1, -0.05) is 12.1 Å². The van der Waals surface area contributed by atoms with E-state index in [1.807, 2.05) is 0 Å². The fraction of sp³-hybridized carbons (Fsp3) is 0.364. The van der Waals surface area contributed by atoms with E-state index in [1.54, 1.807) is 13.8 Å². The van der Waals surface area contributed by atoms with Gasteiger partial charge in [-0.15, -0.1) is 0 Å². The van der Waals surface area contributed by atoms with Crippen LogP contribution < -0.4 is 11.1 Å². The van der Waals surface area contributed by atoms with Gasteiger partial charge in [0.1, 0.15) is 6.04 Å². The van der Waals surface area contributed by atoms with Gasteiger partial charge in [0.25, 0.3) is 0 Å². The minimum atomic E-state index is -1.04. The lowest BCUT2D eigenvalue weighted by molar-refractivity contribution is -0.120. The Kier molecular flexibility index (Phi) is 3.95. The van der Waals surface area contributed by atoms with E-state index in [-0.39, 0.29) is 11.6 Å². The summed E-state index contributed by atoms with van der Waals surface area (Å²) in [5.74, 6) is -2.77. The third-order valence-corrected chi connectivity index (χ3v) is 2.08. The van der Waals surface area contributed by atoms with E-state index in [0.717, 1.165) is 6.07 Å². The number of hydrogen-bond acceptors (Lipinski definition) is 2. The Balaban J connectivity index is 3.11. The average Bonchev–Trinajstić information content (AvgIpc) is 2.18. The van der Waals surface area contributed by atoms with E-state index in [4.69, 9.17) is 5.73 Å². The Morgan fingerprint density at radius 1 is 1.38 bits per heavy atom. The number of nitrogens with two attached hydrogens (primary N) is 1. The number of carbonyl (C=O) groups excluding carboxylic acids is 1. The van der Waals surface area contributed by atoms with E-state index in [2.05, 4.69) is 5.32 Å². The van der Waals surface area contributed by atoms with Crippen molar-refractivity contribution in [1.82, 2.24) is 5.32 Å². The van der Waals surface area contributed by atoms with E-state index in [1.165, 1.54) is 12.1 Å². The maximum atomic E-state index is 13.4. The van der Waals surface area contributed by atoms with Crippen molar-refractivity contribution < 1.29 is 13.6 Å². The van der Waals surface area contributed by atoms with Crippen LogP contribution >= 0.6 is 0 Å². The molecule has 1 aromatic rings. The third kappa shape index (κ3) is 2.76. The maximum Gasteiger partial charge on any atom is 0.239 e. The summed E-state index contributed by atoms with van der Waals surface area (Å²) in [5.41, 5.74) is 5.08. The standard InChI is InChI=1S/C11H14F2N2O/c1-6(2)15-10(11(14)16)7-4-3-5-8(12)9(7)13/h3-6,10,15H,1-2H3,(H2,14,16). The molecule has 1 aromatic carbocycles. The number of amides is 1. The molecule has 0 aliphatic heterocycles. The van der Waals surface area contributed by atoms with Gasteiger partial charge in [-0.2, -0.15) is 0 Å². The van der Waals surface area contributed by atoms with Crippen LogP contribution in [0.25, 0.3) is 0 Å². The monoisotopic (exact) mass is 228 g/mol. The molecule has 0 spiro atoms. The zero-order valence-corrected chi connectivity index (χ0v) is 9.13. The van der Waals surface area contributed by atoms with Crippen molar-refractivity contribution in [3.05, 3.63) is 35.4 Å². The molecule has 3 N–H and O–H groups in total. The Labute approximate surface area is 92.6 Å². The van der Waals surface area contributed by atoms with Gasteiger partial charge >= 0.3 is 0 Å². The van der Waals surface area contributed by atoms with Crippen LogP contribution in [0.3, 0.4) is 0 Å². The SMILES string of the molecule is CC(C)NC(C(N)=O)c1cccc(F)c1F. The zero-order valence-electron chi connectivity index (χ0n) is 9.13. The van der Waals surface area contributed by atoms with Crippen molar-refractivity contribution in [2.75, 3.05) is 0 Å². The number of hydrogen-bond donors (Lipinski definition) is 2. The normalized spacial score (nSPS) is 12.8. The highest BCUT2D eigenvalue weighted by Gasteiger charge is 2.23. The van der Waals surface area contributed by atoms with Gasteiger partial charge in [-0.25, -0.2) is 8.78 Å². The first-order valence-electron chi connectivity index (χ1n) is 4.92. The molecule has 0 bridgehead atoms.